The quantitative estimate of drug-likeness (QED) is 0.346. The molecule has 110 valence electrons. The summed E-state index contributed by atoms with van der Waals surface area (Å²) in [6, 6.07) is 7.30. The van der Waals surface area contributed by atoms with E-state index in [1.54, 1.807) is 19.1 Å². The monoisotopic (exact) mass is 291 g/mol. The molecule has 0 saturated heterocycles. The van der Waals surface area contributed by atoms with Gasteiger partial charge in [-0.25, -0.2) is 4.39 Å². The van der Waals surface area contributed by atoms with Gasteiger partial charge < -0.3 is 20.7 Å². The van der Waals surface area contributed by atoms with Crippen molar-refractivity contribution >= 4 is 11.7 Å². The van der Waals surface area contributed by atoms with E-state index in [9.17, 15) is 9.18 Å². The predicted molar refractivity (Wildman–Crippen MR) is 73.5 cm³/mol. The van der Waals surface area contributed by atoms with Crippen molar-refractivity contribution in [2.45, 2.75) is 13.5 Å². The second kappa shape index (κ2) is 6.08. The first kappa shape index (κ1) is 14.6. The summed E-state index contributed by atoms with van der Waals surface area (Å²) in [5.74, 6) is -0.385. The second-order valence-electron chi connectivity index (χ2n) is 4.38. The molecule has 6 nitrogen and oxygen atoms in total. The summed E-state index contributed by atoms with van der Waals surface area (Å²) >= 11 is 0. The number of hydrogen-bond acceptors (Lipinski definition) is 4. The first-order chi connectivity index (χ1) is 10.0. The molecule has 1 aromatic carbocycles. The number of carbonyl (C=O) groups is 1. The van der Waals surface area contributed by atoms with Crippen LogP contribution in [-0.2, 0) is 6.54 Å². The molecule has 0 aliphatic carbocycles. The van der Waals surface area contributed by atoms with Crippen LogP contribution >= 0.6 is 0 Å². The Kier molecular flexibility index (Phi) is 4.22. The van der Waals surface area contributed by atoms with Gasteiger partial charge >= 0.3 is 0 Å². The molecule has 0 fully saturated rings. The van der Waals surface area contributed by atoms with Gasteiger partial charge in [-0.3, -0.25) is 4.79 Å². The highest BCUT2D eigenvalue weighted by molar-refractivity contribution is 5.97. The lowest BCUT2D eigenvalue weighted by molar-refractivity contribution is 0.0921. The number of aryl methyl sites for hydroxylation is 1. The summed E-state index contributed by atoms with van der Waals surface area (Å²) in [7, 11) is 0. The smallest absolute Gasteiger partial charge is 0.287 e. The lowest BCUT2D eigenvalue weighted by atomic mass is 10.1. The molecule has 2 aromatic rings. The van der Waals surface area contributed by atoms with Crippen molar-refractivity contribution in [2.24, 2.45) is 10.9 Å². The van der Waals surface area contributed by atoms with Crippen molar-refractivity contribution in [2.75, 3.05) is 0 Å². The van der Waals surface area contributed by atoms with Crippen LogP contribution < -0.4 is 11.1 Å². The van der Waals surface area contributed by atoms with Crippen LogP contribution in [-0.4, -0.2) is 17.0 Å². The molecule has 0 radical (unpaired) electrons. The molecule has 0 aliphatic rings. The van der Waals surface area contributed by atoms with Gasteiger partial charge in [0.1, 0.15) is 11.6 Å². The van der Waals surface area contributed by atoms with Crippen LogP contribution in [0.4, 0.5) is 4.39 Å². The van der Waals surface area contributed by atoms with Crippen LogP contribution in [0.3, 0.4) is 0 Å². The zero-order valence-electron chi connectivity index (χ0n) is 11.3. The summed E-state index contributed by atoms with van der Waals surface area (Å²) in [5.41, 5.74) is 5.90. The Balaban J connectivity index is 2.05. The van der Waals surface area contributed by atoms with Crippen LogP contribution in [0.1, 0.15) is 27.4 Å². The standard InChI is InChI=1S/C14H14FN3O3/c1-8-2-5-12(21-8)14(19)17-7-10-4-3-9(6-11(10)15)13(16)18-20/h2-6,20H,7H2,1H3,(H2,16,18)(H,17,19). The summed E-state index contributed by atoms with van der Waals surface area (Å²) in [6.07, 6.45) is 0. The zero-order chi connectivity index (χ0) is 15.4. The van der Waals surface area contributed by atoms with Gasteiger partial charge in [0.25, 0.3) is 5.91 Å². The summed E-state index contributed by atoms with van der Waals surface area (Å²) in [6.45, 7) is 1.73. The van der Waals surface area contributed by atoms with Crippen LogP contribution in [0.25, 0.3) is 0 Å². The predicted octanol–water partition coefficient (Wildman–Crippen LogP) is 1.75. The minimum Gasteiger partial charge on any atom is -0.456 e. The number of oxime groups is 1. The minimum absolute atomic E-state index is 0.000860. The molecule has 7 heteroatoms. The number of benzene rings is 1. The number of amidine groups is 1. The lowest BCUT2D eigenvalue weighted by Crippen LogP contribution is -2.23. The Morgan fingerprint density at radius 2 is 2.19 bits per heavy atom. The van der Waals surface area contributed by atoms with Crippen LogP contribution in [0.15, 0.2) is 39.9 Å². The number of amides is 1. The third kappa shape index (κ3) is 3.38. The first-order valence-electron chi connectivity index (χ1n) is 6.12. The number of carbonyl (C=O) groups excluding carboxylic acids is 1. The van der Waals surface area contributed by atoms with E-state index in [4.69, 9.17) is 15.4 Å². The van der Waals surface area contributed by atoms with Gasteiger partial charge in [-0.05, 0) is 25.1 Å². The van der Waals surface area contributed by atoms with Gasteiger partial charge in [0.2, 0.25) is 0 Å². The minimum atomic E-state index is -0.560. The van der Waals surface area contributed by atoms with E-state index in [0.717, 1.165) is 6.07 Å². The van der Waals surface area contributed by atoms with E-state index in [1.165, 1.54) is 12.1 Å². The molecule has 1 amide bonds. The molecular formula is C14H14FN3O3. The topological polar surface area (TPSA) is 101 Å². The molecule has 4 N–H and O–H groups in total. The van der Waals surface area contributed by atoms with Crippen molar-refractivity contribution in [3.63, 3.8) is 0 Å². The maximum Gasteiger partial charge on any atom is 0.287 e. The summed E-state index contributed by atoms with van der Waals surface area (Å²) in [5, 5.41) is 13.9. The SMILES string of the molecule is Cc1ccc(C(=O)NCc2ccc(C(N)=NO)cc2F)o1. The average Bonchev–Trinajstić information content (AvgIpc) is 2.91. The summed E-state index contributed by atoms with van der Waals surface area (Å²) in [4.78, 5) is 11.8. The van der Waals surface area contributed by atoms with Crippen molar-refractivity contribution in [1.29, 1.82) is 0 Å². The van der Waals surface area contributed by atoms with E-state index in [0.29, 0.717) is 5.76 Å². The summed E-state index contributed by atoms with van der Waals surface area (Å²) < 4.78 is 19.0. The molecule has 0 aliphatic heterocycles. The Hall–Kier alpha value is -2.83. The number of furan rings is 1. The molecule has 0 atom stereocenters. The fourth-order valence-corrected chi connectivity index (χ4v) is 1.73. The van der Waals surface area contributed by atoms with E-state index < -0.39 is 11.7 Å². The number of nitrogens with two attached hydrogens (primary N) is 1. The maximum atomic E-state index is 13.8. The fourth-order valence-electron chi connectivity index (χ4n) is 1.73. The Morgan fingerprint density at radius 1 is 1.43 bits per heavy atom. The Bertz CT molecular complexity index is 695. The van der Waals surface area contributed by atoms with Crippen molar-refractivity contribution in [3.8, 4) is 0 Å². The molecule has 1 aromatic heterocycles. The molecule has 0 spiro atoms. The molecule has 21 heavy (non-hydrogen) atoms. The van der Waals surface area contributed by atoms with Crippen molar-refractivity contribution in [1.82, 2.24) is 5.32 Å². The van der Waals surface area contributed by atoms with Crippen LogP contribution in [0.5, 0.6) is 0 Å². The van der Waals surface area contributed by atoms with Crippen LogP contribution in [0, 0.1) is 12.7 Å². The maximum absolute atomic E-state index is 13.8. The lowest BCUT2D eigenvalue weighted by Gasteiger charge is -2.06. The third-order valence-corrected chi connectivity index (χ3v) is 2.86. The van der Waals surface area contributed by atoms with Crippen molar-refractivity contribution in [3.05, 3.63) is 58.8 Å². The van der Waals surface area contributed by atoms with Gasteiger partial charge in [0, 0.05) is 17.7 Å². The van der Waals surface area contributed by atoms with E-state index in [1.807, 2.05) is 0 Å². The van der Waals surface area contributed by atoms with Crippen molar-refractivity contribution < 1.29 is 18.8 Å². The molecular weight excluding hydrogens is 277 g/mol. The van der Waals surface area contributed by atoms with E-state index >= 15 is 0 Å². The van der Waals surface area contributed by atoms with E-state index in [-0.39, 0.29) is 29.3 Å². The second-order valence-corrected chi connectivity index (χ2v) is 4.38. The molecule has 0 unspecified atom stereocenters. The number of nitrogens with zero attached hydrogens (tertiary/aromatic N) is 1. The van der Waals surface area contributed by atoms with Gasteiger partial charge in [0.15, 0.2) is 11.6 Å². The highest BCUT2D eigenvalue weighted by Crippen LogP contribution is 2.11. The van der Waals surface area contributed by atoms with Gasteiger partial charge in [-0.1, -0.05) is 17.3 Å². The zero-order valence-corrected chi connectivity index (χ0v) is 11.3. The molecule has 1 heterocycles. The van der Waals surface area contributed by atoms with Gasteiger partial charge in [0.05, 0.1) is 0 Å². The molecule has 2 rings (SSSR count). The number of nitrogens with one attached hydrogen (secondary N) is 1. The Morgan fingerprint density at radius 3 is 2.76 bits per heavy atom. The van der Waals surface area contributed by atoms with Crippen LogP contribution in [0.2, 0.25) is 0 Å². The molecule has 0 bridgehead atoms. The largest absolute Gasteiger partial charge is 0.456 e. The fraction of sp³-hybridized carbons (Fsp3) is 0.143. The number of halogens is 1. The Labute approximate surface area is 120 Å². The highest BCUT2D eigenvalue weighted by Gasteiger charge is 2.11. The van der Waals surface area contributed by atoms with E-state index in [2.05, 4.69) is 10.5 Å². The number of rotatable bonds is 4. The van der Waals surface area contributed by atoms with Gasteiger partial charge in [-0.2, -0.15) is 0 Å². The average molecular weight is 291 g/mol. The normalized spacial score (nSPS) is 11.4. The first-order valence-corrected chi connectivity index (χ1v) is 6.12. The van der Waals surface area contributed by atoms with Gasteiger partial charge in [-0.15, -0.1) is 0 Å². The third-order valence-electron chi connectivity index (χ3n) is 2.86. The highest BCUT2D eigenvalue weighted by atomic mass is 19.1. The number of hydrogen-bond donors (Lipinski definition) is 3. The molecule has 0 saturated carbocycles.